The first-order valence-electron chi connectivity index (χ1n) is 4.10. The average Bonchev–Trinajstić information content (AvgIpc) is 2.04. The number of carboxylic acid groups (broad SMARTS) is 1. The minimum atomic E-state index is -0.826. The van der Waals surface area contributed by atoms with Gasteiger partial charge in [0.05, 0.1) is 5.41 Å². The Morgan fingerprint density at radius 1 is 1.31 bits per heavy atom. The van der Waals surface area contributed by atoms with Gasteiger partial charge in [0.25, 0.3) is 0 Å². The van der Waals surface area contributed by atoms with E-state index in [2.05, 4.69) is 6.92 Å². The van der Waals surface area contributed by atoms with Gasteiger partial charge in [0, 0.05) is 0 Å². The summed E-state index contributed by atoms with van der Waals surface area (Å²) in [4.78, 5) is 10.9. The van der Waals surface area contributed by atoms with E-state index >= 15 is 0 Å². The topological polar surface area (TPSA) is 37.3 Å². The van der Waals surface area contributed by atoms with Crippen molar-refractivity contribution in [3.8, 4) is 0 Å². The number of aliphatic carboxylic acids is 1. The number of hydrogen-bond donors (Lipinski definition) is 1. The largest absolute Gasteiger partial charge is 0.481 e. The lowest BCUT2D eigenvalue weighted by Gasteiger charge is -2.19. The molecule has 2 heteroatoms. The predicted octanol–water partition coefficient (Wildman–Crippen LogP) is 2.23. The van der Waals surface area contributed by atoms with Gasteiger partial charge < -0.3 is 5.11 Å². The van der Waals surface area contributed by atoms with E-state index in [-0.39, 0.29) is 0 Å². The summed E-state index contributed by atoms with van der Waals surface area (Å²) in [6.45, 7) is 7.12. The van der Waals surface area contributed by atoms with Gasteiger partial charge in [-0.2, -0.15) is 0 Å². The van der Waals surface area contributed by atoms with Crippen LogP contribution in [0.3, 0.4) is 0 Å². The monoisotopic (exact) mass is 177 g/mol. The maximum Gasteiger partial charge on any atom is 0.313 e. The molecule has 0 atom stereocenters. The number of carboxylic acids is 1. The first kappa shape index (κ1) is 9.78. The van der Waals surface area contributed by atoms with Gasteiger partial charge in [0.1, 0.15) is 0 Å². The van der Waals surface area contributed by atoms with Crippen LogP contribution in [0.15, 0.2) is 24.3 Å². The highest BCUT2D eigenvalue weighted by Gasteiger charge is 2.28. The lowest BCUT2D eigenvalue weighted by atomic mass is 9.84. The van der Waals surface area contributed by atoms with Crippen LogP contribution < -0.4 is 0 Å². The normalized spacial score (nSPS) is 11.3. The molecule has 2 nitrogen and oxygen atoms in total. The first-order chi connectivity index (χ1) is 5.94. The minimum Gasteiger partial charge on any atom is -0.481 e. The summed E-state index contributed by atoms with van der Waals surface area (Å²) in [5, 5.41) is 8.95. The standard InChI is InChI=1S/C11H13O2/c1-8-4-6-9(7-5-8)11(2,3)10(12)13/h4-7H,1H2,2-3H3,(H,12,13). The van der Waals surface area contributed by atoms with Crippen molar-refractivity contribution in [2.24, 2.45) is 0 Å². The fraction of sp³-hybridized carbons (Fsp3) is 0.273. The Labute approximate surface area is 78.2 Å². The van der Waals surface area contributed by atoms with Crippen molar-refractivity contribution in [1.29, 1.82) is 0 Å². The van der Waals surface area contributed by atoms with Gasteiger partial charge in [-0.3, -0.25) is 4.79 Å². The highest BCUT2D eigenvalue weighted by atomic mass is 16.4. The molecule has 0 spiro atoms. The van der Waals surface area contributed by atoms with E-state index in [1.165, 1.54) is 0 Å². The Morgan fingerprint density at radius 2 is 1.77 bits per heavy atom. The second kappa shape index (κ2) is 3.21. The Balaban J connectivity index is 3.08. The second-order valence-electron chi connectivity index (χ2n) is 3.63. The minimum absolute atomic E-state index is 0.799. The molecule has 1 rings (SSSR count). The predicted molar refractivity (Wildman–Crippen MR) is 51.6 cm³/mol. The zero-order chi connectivity index (χ0) is 10.1. The molecule has 0 saturated carbocycles. The van der Waals surface area contributed by atoms with E-state index in [0.717, 1.165) is 11.1 Å². The summed E-state index contributed by atoms with van der Waals surface area (Å²) >= 11 is 0. The molecule has 1 radical (unpaired) electrons. The summed E-state index contributed by atoms with van der Waals surface area (Å²) in [5.74, 6) is -0.815. The van der Waals surface area contributed by atoms with E-state index in [0.29, 0.717) is 0 Å². The average molecular weight is 177 g/mol. The molecule has 13 heavy (non-hydrogen) atoms. The van der Waals surface area contributed by atoms with Crippen molar-refractivity contribution in [3.63, 3.8) is 0 Å². The molecule has 0 aliphatic heterocycles. The smallest absolute Gasteiger partial charge is 0.313 e. The summed E-state index contributed by atoms with van der Waals surface area (Å²) in [7, 11) is 0. The van der Waals surface area contributed by atoms with Gasteiger partial charge in [0.15, 0.2) is 0 Å². The van der Waals surface area contributed by atoms with E-state index < -0.39 is 11.4 Å². The Kier molecular flexibility index (Phi) is 2.41. The molecule has 0 heterocycles. The molecule has 69 valence electrons. The Morgan fingerprint density at radius 3 is 2.15 bits per heavy atom. The fourth-order valence-electron chi connectivity index (χ4n) is 1.04. The number of rotatable bonds is 2. The maximum atomic E-state index is 10.9. The van der Waals surface area contributed by atoms with Gasteiger partial charge in [-0.1, -0.05) is 24.3 Å². The van der Waals surface area contributed by atoms with Crippen LogP contribution in [0.4, 0.5) is 0 Å². The van der Waals surface area contributed by atoms with Crippen LogP contribution in [-0.2, 0) is 10.2 Å². The molecule has 0 aromatic heterocycles. The van der Waals surface area contributed by atoms with Gasteiger partial charge in [0.2, 0.25) is 0 Å². The molecule has 0 aliphatic rings. The van der Waals surface area contributed by atoms with Gasteiger partial charge in [-0.25, -0.2) is 0 Å². The number of carbonyl (C=O) groups is 1. The van der Waals surface area contributed by atoms with Crippen LogP contribution in [0.2, 0.25) is 0 Å². The fourth-order valence-corrected chi connectivity index (χ4v) is 1.04. The third-order valence-electron chi connectivity index (χ3n) is 2.21. The summed E-state index contributed by atoms with van der Waals surface area (Å²) in [6, 6.07) is 7.24. The quantitative estimate of drug-likeness (QED) is 0.752. The number of hydrogen-bond acceptors (Lipinski definition) is 1. The van der Waals surface area contributed by atoms with Crippen molar-refractivity contribution in [3.05, 3.63) is 42.3 Å². The molecule has 1 aromatic rings. The SMILES string of the molecule is [CH2]c1ccc(C(C)(C)C(=O)O)cc1. The van der Waals surface area contributed by atoms with E-state index in [1.807, 2.05) is 12.1 Å². The molecule has 0 unspecified atom stereocenters. The van der Waals surface area contributed by atoms with Crippen molar-refractivity contribution in [2.75, 3.05) is 0 Å². The van der Waals surface area contributed by atoms with Gasteiger partial charge in [-0.05, 0) is 31.9 Å². The van der Waals surface area contributed by atoms with Crippen molar-refractivity contribution >= 4 is 5.97 Å². The molecular formula is C11H13O2. The lowest BCUT2D eigenvalue weighted by Crippen LogP contribution is -2.28. The van der Waals surface area contributed by atoms with E-state index in [9.17, 15) is 4.79 Å². The third-order valence-corrected chi connectivity index (χ3v) is 2.21. The Bertz CT molecular complexity index is 309. The molecular weight excluding hydrogens is 164 g/mol. The Hall–Kier alpha value is -1.31. The van der Waals surface area contributed by atoms with Crippen LogP contribution >= 0.6 is 0 Å². The zero-order valence-corrected chi connectivity index (χ0v) is 7.87. The molecule has 0 saturated heterocycles. The van der Waals surface area contributed by atoms with E-state index in [4.69, 9.17) is 5.11 Å². The highest BCUT2D eigenvalue weighted by molar-refractivity contribution is 5.80. The van der Waals surface area contributed by atoms with Crippen LogP contribution in [0.5, 0.6) is 0 Å². The molecule has 0 aliphatic carbocycles. The summed E-state index contributed by atoms with van der Waals surface area (Å²) in [5.41, 5.74) is 0.866. The third kappa shape index (κ3) is 1.89. The van der Waals surface area contributed by atoms with Crippen molar-refractivity contribution in [2.45, 2.75) is 19.3 Å². The van der Waals surface area contributed by atoms with Gasteiger partial charge >= 0.3 is 5.97 Å². The first-order valence-corrected chi connectivity index (χ1v) is 4.10. The summed E-state index contributed by atoms with van der Waals surface area (Å²) in [6.07, 6.45) is 0. The number of benzene rings is 1. The molecule has 0 bridgehead atoms. The van der Waals surface area contributed by atoms with Crippen LogP contribution in [0.1, 0.15) is 25.0 Å². The van der Waals surface area contributed by atoms with Crippen LogP contribution in [-0.4, -0.2) is 11.1 Å². The maximum absolute atomic E-state index is 10.9. The molecule has 1 N–H and O–H groups in total. The van der Waals surface area contributed by atoms with E-state index in [1.54, 1.807) is 26.0 Å². The van der Waals surface area contributed by atoms with Gasteiger partial charge in [-0.15, -0.1) is 0 Å². The van der Waals surface area contributed by atoms with Crippen molar-refractivity contribution in [1.82, 2.24) is 0 Å². The zero-order valence-electron chi connectivity index (χ0n) is 7.87. The molecule has 0 fully saturated rings. The van der Waals surface area contributed by atoms with Crippen LogP contribution in [0, 0.1) is 6.92 Å². The second-order valence-corrected chi connectivity index (χ2v) is 3.63. The summed E-state index contributed by atoms with van der Waals surface area (Å²) < 4.78 is 0. The molecule has 0 amide bonds. The molecule has 1 aromatic carbocycles. The van der Waals surface area contributed by atoms with Crippen LogP contribution in [0.25, 0.3) is 0 Å². The lowest BCUT2D eigenvalue weighted by molar-refractivity contribution is -0.142. The highest BCUT2D eigenvalue weighted by Crippen LogP contribution is 2.23. The van der Waals surface area contributed by atoms with Crippen molar-refractivity contribution < 1.29 is 9.90 Å².